The van der Waals surface area contributed by atoms with Crippen molar-refractivity contribution in [1.82, 2.24) is 9.44 Å². The summed E-state index contributed by atoms with van der Waals surface area (Å²) in [6, 6.07) is 18.2. The molecule has 0 bridgehead atoms. The van der Waals surface area contributed by atoms with Gasteiger partial charge >= 0.3 is 5.97 Å². The average molecular weight is 559 g/mol. The Hall–Kier alpha value is -3.00. The highest BCUT2D eigenvalue weighted by Gasteiger charge is 2.23. The molecule has 0 aromatic heterocycles. The van der Waals surface area contributed by atoms with Gasteiger partial charge in [-0.25, -0.2) is 26.3 Å². The minimum absolute atomic E-state index is 0.557. The molecule has 0 saturated heterocycles. The normalized spacial score (nSPS) is 11.7. The third-order valence-corrected chi connectivity index (χ3v) is 6.53. The topological polar surface area (TPSA) is 185 Å². The standard InChI is InChI=1S/C12H18N2O3S.C6H13NO4S.C6H7N/c1-12(2,3)14-18(16,17)9-11(15)13-10-7-5-4-6-8-10;1-6(2,3)7-12(10,11)4-5(8)9;7-6-4-2-1-3-5-6/h4-8,14H,9H2,1-3H3,(H,13,15);7H,4H2,1-3H3,(H,8,9);1-5H,7H2. The molecule has 0 aliphatic heterocycles. The van der Waals surface area contributed by atoms with Crippen LogP contribution in [0.15, 0.2) is 60.7 Å². The smallest absolute Gasteiger partial charge is 0.320 e. The first-order chi connectivity index (χ1) is 16.7. The van der Waals surface area contributed by atoms with Crippen LogP contribution in [-0.4, -0.2) is 56.4 Å². The summed E-state index contributed by atoms with van der Waals surface area (Å²) in [5, 5.41) is 10.8. The maximum absolute atomic E-state index is 11.7. The van der Waals surface area contributed by atoms with E-state index in [1.165, 1.54) is 0 Å². The number of para-hydroxylation sites is 2. The molecule has 11 nitrogen and oxygen atoms in total. The molecule has 208 valence electrons. The summed E-state index contributed by atoms with van der Waals surface area (Å²) in [7, 11) is -7.31. The number of anilines is 2. The molecule has 2 rings (SSSR count). The number of amides is 1. The maximum Gasteiger partial charge on any atom is 0.320 e. The van der Waals surface area contributed by atoms with Gasteiger partial charge in [-0.3, -0.25) is 9.59 Å². The lowest BCUT2D eigenvalue weighted by Gasteiger charge is -2.20. The van der Waals surface area contributed by atoms with Gasteiger partial charge < -0.3 is 16.2 Å². The number of carboxylic acid groups (broad SMARTS) is 1. The van der Waals surface area contributed by atoms with Gasteiger partial charge in [0.2, 0.25) is 26.0 Å². The molecule has 0 atom stereocenters. The van der Waals surface area contributed by atoms with Gasteiger partial charge in [-0.15, -0.1) is 0 Å². The van der Waals surface area contributed by atoms with Crippen LogP contribution in [0.5, 0.6) is 0 Å². The van der Waals surface area contributed by atoms with Crippen LogP contribution in [0.25, 0.3) is 0 Å². The van der Waals surface area contributed by atoms with Crippen LogP contribution in [0, 0.1) is 0 Å². The number of nitrogens with two attached hydrogens (primary N) is 1. The number of carboxylic acids is 1. The lowest BCUT2D eigenvalue weighted by Crippen LogP contribution is -2.43. The molecular formula is C24H38N4O7S2. The third-order valence-electron chi connectivity index (χ3n) is 3.42. The van der Waals surface area contributed by atoms with Crippen LogP contribution in [0.1, 0.15) is 41.5 Å². The van der Waals surface area contributed by atoms with E-state index in [9.17, 15) is 26.4 Å². The van der Waals surface area contributed by atoms with E-state index in [0.29, 0.717) is 5.69 Å². The van der Waals surface area contributed by atoms with Gasteiger partial charge in [-0.2, -0.15) is 0 Å². The monoisotopic (exact) mass is 558 g/mol. The van der Waals surface area contributed by atoms with Gasteiger partial charge in [0.15, 0.2) is 5.75 Å². The number of nitrogens with one attached hydrogen (secondary N) is 3. The van der Waals surface area contributed by atoms with E-state index >= 15 is 0 Å². The number of hydrogen-bond acceptors (Lipinski definition) is 7. The molecule has 6 N–H and O–H groups in total. The second kappa shape index (κ2) is 14.7. The number of benzene rings is 2. The minimum atomic E-state index is -3.69. The molecule has 13 heteroatoms. The van der Waals surface area contributed by atoms with Crippen molar-refractivity contribution in [2.75, 3.05) is 22.6 Å². The molecule has 0 heterocycles. The first kappa shape index (κ1) is 34.0. The molecule has 1 amide bonds. The molecule has 0 spiro atoms. The predicted octanol–water partition coefficient (Wildman–Crippen LogP) is 2.40. The van der Waals surface area contributed by atoms with Crippen molar-refractivity contribution in [3.8, 4) is 0 Å². The van der Waals surface area contributed by atoms with E-state index in [4.69, 9.17) is 10.8 Å². The van der Waals surface area contributed by atoms with Crippen LogP contribution in [0.4, 0.5) is 11.4 Å². The number of rotatable bonds is 7. The Morgan fingerprint density at radius 1 is 0.730 bits per heavy atom. The highest BCUT2D eigenvalue weighted by molar-refractivity contribution is 7.90. The van der Waals surface area contributed by atoms with Gasteiger partial charge in [0, 0.05) is 22.5 Å². The predicted molar refractivity (Wildman–Crippen MR) is 147 cm³/mol. The van der Waals surface area contributed by atoms with Crippen molar-refractivity contribution < 1.29 is 31.5 Å². The first-order valence-corrected chi connectivity index (χ1v) is 14.4. The Morgan fingerprint density at radius 2 is 1.11 bits per heavy atom. The summed E-state index contributed by atoms with van der Waals surface area (Å²) in [4.78, 5) is 21.7. The van der Waals surface area contributed by atoms with Gasteiger partial charge in [-0.05, 0) is 65.8 Å². The van der Waals surface area contributed by atoms with E-state index in [0.717, 1.165) is 5.69 Å². The molecule has 0 saturated carbocycles. The minimum Gasteiger partial charge on any atom is -0.480 e. The van der Waals surface area contributed by atoms with Crippen LogP contribution in [0.2, 0.25) is 0 Å². The summed E-state index contributed by atoms with van der Waals surface area (Å²) in [6.45, 7) is 10.1. The average Bonchev–Trinajstić information content (AvgIpc) is 2.64. The molecule has 2 aromatic rings. The van der Waals surface area contributed by atoms with Crippen LogP contribution in [-0.2, 0) is 29.6 Å². The summed E-state index contributed by atoms with van der Waals surface area (Å²) in [5.74, 6) is -3.38. The fourth-order valence-corrected chi connectivity index (χ4v) is 5.26. The Morgan fingerprint density at radius 3 is 1.43 bits per heavy atom. The highest BCUT2D eigenvalue weighted by Crippen LogP contribution is 2.06. The van der Waals surface area contributed by atoms with Gasteiger partial charge in [-0.1, -0.05) is 36.4 Å². The summed E-state index contributed by atoms with van der Waals surface area (Å²) in [6.07, 6.45) is 0. The van der Waals surface area contributed by atoms with Crippen molar-refractivity contribution in [1.29, 1.82) is 0 Å². The van der Waals surface area contributed by atoms with Crippen LogP contribution >= 0.6 is 0 Å². The lowest BCUT2D eigenvalue weighted by atomic mass is 10.1. The quantitative estimate of drug-likeness (QED) is 0.321. The summed E-state index contributed by atoms with van der Waals surface area (Å²) in [5.41, 5.74) is 5.53. The van der Waals surface area contributed by atoms with Crippen molar-refractivity contribution in [3.05, 3.63) is 60.7 Å². The molecule has 0 aliphatic carbocycles. The van der Waals surface area contributed by atoms with E-state index in [1.807, 2.05) is 36.4 Å². The Labute approximate surface area is 220 Å². The Balaban J connectivity index is 0.000000583. The van der Waals surface area contributed by atoms with Crippen molar-refractivity contribution in [2.24, 2.45) is 0 Å². The number of carbonyl (C=O) groups is 2. The first-order valence-electron chi connectivity index (χ1n) is 11.1. The van der Waals surface area contributed by atoms with Crippen molar-refractivity contribution in [3.63, 3.8) is 0 Å². The molecule has 2 aromatic carbocycles. The fourth-order valence-electron chi connectivity index (χ4n) is 2.51. The third kappa shape index (κ3) is 20.9. The van der Waals surface area contributed by atoms with Gasteiger partial charge in [0.05, 0.1) is 0 Å². The Bertz CT molecular complexity index is 1190. The van der Waals surface area contributed by atoms with E-state index in [1.54, 1.807) is 65.8 Å². The highest BCUT2D eigenvalue weighted by atomic mass is 32.2. The molecule has 0 radical (unpaired) electrons. The number of nitrogen functional groups attached to an aromatic ring is 1. The lowest BCUT2D eigenvalue weighted by molar-refractivity contribution is -0.134. The summed E-state index contributed by atoms with van der Waals surface area (Å²) >= 11 is 0. The zero-order valence-corrected chi connectivity index (χ0v) is 23.6. The number of hydrogen-bond donors (Lipinski definition) is 5. The molecular weight excluding hydrogens is 520 g/mol. The fraction of sp³-hybridized carbons (Fsp3) is 0.417. The van der Waals surface area contributed by atoms with Crippen LogP contribution in [0.3, 0.4) is 0 Å². The van der Waals surface area contributed by atoms with Gasteiger partial charge in [0.1, 0.15) is 5.75 Å². The van der Waals surface area contributed by atoms with E-state index in [2.05, 4.69) is 14.8 Å². The molecule has 0 fully saturated rings. The molecule has 0 unspecified atom stereocenters. The van der Waals surface area contributed by atoms with E-state index < -0.39 is 54.5 Å². The molecule has 37 heavy (non-hydrogen) atoms. The number of carbonyl (C=O) groups excluding carboxylic acids is 1. The van der Waals surface area contributed by atoms with Gasteiger partial charge in [0.25, 0.3) is 0 Å². The van der Waals surface area contributed by atoms with Crippen molar-refractivity contribution in [2.45, 2.75) is 52.6 Å². The second-order valence-corrected chi connectivity index (χ2v) is 13.4. The van der Waals surface area contributed by atoms with E-state index in [-0.39, 0.29) is 0 Å². The number of sulfonamides is 2. The Kier molecular flexibility index (Phi) is 13.5. The second-order valence-electron chi connectivity index (χ2n) is 9.94. The SMILES string of the molecule is CC(C)(C)NS(=O)(=O)CC(=O)Nc1ccccc1.CC(C)(C)NS(=O)(=O)CC(=O)O.Nc1ccccc1. The zero-order chi connectivity index (χ0) is 28.9. The molecule has 0 aliphatic rings. The maximum atomic E-state index is 11.7. The van der Waals surface area contributed by atoms with Crippen molar-refractivity contribution >= 4 is 43.3 Å². The number of aliphatic carboxylic acids is 1. The zero-order valence-electron chi connectivity index (χ0n) is 22.0. The van der Waals surface area contributed by atoms with Crippen LogP contribution < -0.4 is 20.5 Å². The largest absolute Gasteiger partial charge is 0.480 e. The summed E-state index contributed by atoms with van der Waals surface area (Å²) < 4.78 is 49.9.